The molecule has 3 N–H and O–H groups in total. The summed E-state index contributed by atoms with van der Waals surface area (Å²) in [5.41, 5.74) is 6.51. The zero-order valence-electron chi connectivity index (χ0n) is 11.9. The Labute approximate surface area is 128 Å². The Morgan fingerprint density at radius 2 is 2.29 bits per heavy atom. The number of thiophene rings is 1. The number of amides is 1. The molecule has 1 aromatic heterocycles. The van der Waals surface area contributed by atoms with Crippen molar-refractivity contribution in [1.82, 2.24) is 4.90 Å². The summed E-state index contributed by atoms with van der Waals surface area (Å²) in [5.74, 6) is 0.537. The molecule has 1 aliphatic rings. The molecule has 4 nitrogen and oxygen atoms in total. The van der Waals surface area contributed by atoms with Gasteiger partial charge < -0.3 is 15.7 Å². The van der Waals surface area contributed by atoms with Gasteiger partial charge in [-0.25, -0.2) is 0 Å². The van der Waals surface area contributed by atoms with E-state index in [0.29, 0.717) is 5.92 Å². The average molecular weight is 304 g/mol. The van der Waals surface area contributed by atoms with Crippen LogP contribution in [-0.2, 0) is 0 Å². The molecular formula is C16H20N2O2S. The fourth-order valence-corrected chi connectivity index (χ4v) is 4.00. The quantitative estimate of drug-likeness (QED) is 0.857. The predicted octanol–water partition coefficient (Wildman–Crippen LogP) is 2.72. The minimum Gasteiger partial charge on any atom is -0.399 e. The fraction of sp³-hybridized carbons (Fsp3) is 0.438. The first kappa shape index (κ1) is 14.4. The van der Waals surface area contributed by atoms with Gasteiger partial charge in [-0.1, -0.05) is 0 Å². The van der Waals surface area contributed by atoms with Crippen LogP contribution in [0.4, 0.5) is 5.69 Å². The van der Waals surface area contributed by atoms with Gasteiger partial charge in [0, 0.05) is 30.1 Å². The highest BCUT2D eigenvalue weighted by Gasteiger charge is 2.25. The van der Waals surface area contributed by atoms with Gasteiger partial charge in [-0.2, -0.15) is 0 Å². The third-order valence-electron chi connectivity index (χ3n) is 4.09. The molecule has 21 heavy (non-hydrogen) atoms. The smallest absolute Gasteiger partial charge is 0.263 e. The van der Waals surface area contributed by atoms with Gasteiger partial charge in [0.25, 0.3) is 5.91 Å². The molecule has 1 saturated heterocycles. The molecule has 0 bridgehead atoms. The van der Waals surface area contributed by atoms with Crippen LogP contribution in [0.15, 0.2) is 24.3 Å². The number of aliphatic hydroxyl groups excluding tert-OH is 1. The number of nitrogen functional groups attached to an aromatic ring is 1. The van der Waals surface area contributed by atoms with Crippen molar-refractivity contribution >= 4 is 33.0 Å². The molecule has 1 fully saturated rings. The Kier molecular flexibility index (Phi) is 4.12. The van der Waals surface area contributed by atoms with E-state index in [1.54, 1.807) is 0 Å². The van der Waals surface area contributed by atoms with Crippen molar-refractivity contribution in [2.24, 2.45) is 5.92 Å². The van der Waals surface area contributed by atoms with Crippen molar-refractivity contribution in [3.05, 3.63) is 29.1 Å². The van der Waals surface area contributed by atoms with Gasteiger partial charge in [0.05, 0.1) is 4.88 Å². The van der Waals surface area contributed by atoms with E-state index in [4.69, 9.17) is 10.8 Å². The second-order valence-electron chi connectivity index (χ2n) is 5.68. The van der Waals surface area contributed by atoms with Crippen LogP contribution in [0.25, 0.3) is 10.1 Å². The molecule has 0 saturated carbocycles. The number of fused-ring (bicyclic) bond motifs is 1. The number of rotatable bonds is 3. The summed E-state index contributed by atoms with van der Waals surface area (Å²) in [6.07, 6.45) is 2.91. The Balaban J connectivity index is 1.79. The van der Waals surface area contributed by atoms with E-state index in [2.05, 4.69) is 0 Å². The van der Waals surface area contributed by atoms with Crippen LogP contribution < -0.4 is 5.73 Å². The van der Waals surface area contributed by atoms with Gasteiger partial charge in [0.1, 0.15) is 0 Å². The first-order valence-corrected chi connectivity index (χ1v) is 8.18. The number of carbonyl (C=O) groups excluding carboxylic acids is 1. The molecule has 112 valence electrons. The number of hydrogen-bond acceptors (Lipinski definition) is 4. The molecule has 1 aliphatic heterocycles. The number of nitrogens with two attached hydrogens (primary N) is 1. The maximum atomic E-state index is 12.6. The topological polar surface area (TPSA) is 66.6 Å². The summed E-state index contributed by atoms with van der Waals surface area (Å²) < 4.78 is 1.09. The van der Waals surface area contributed by atoms with Crippen molar-refractivity contribution in [3.63, 3.8) is 0 Å². The first-order valence-electron chi connectivity index (χ1n) is 7.36. The molecule has 1 aromatic carbocycles. The zero-order valence-corrected chi connectivity index (χ0v) is 12.7. The van der Waals surface area contributed by atoms with Gasteiger partial charge in [-0.3, -0.25) is 4.79 Å². The lowest BCUT2D eigenvalue weighted by Crippen LogP contribution is -2.39. The number of aliphatic hydroxyl groups is 1. The van der Waals surface area contributed by atoms with Crippen molar-refractivity contribution in [1.29, 1.82) is 0 Å². The molecule has 2 heterocycles. The number of likely N-dealkylation sites (tertiary alicyclic amines) is 1. The van der Waals surface area contributed by atoms with E-state index < -0.39 is 0 Å². The number of hydrogen-bond donors (Lipinski definition) is 2. The predicted molar refractivity (Wildman–Crippen MR) is 86.6 cm³/mol. The minimum absolute atomic E-state index is 0.109. The summed E-state index contributed by atoms with van der Waals surface area (Å²) >= 11 is 1.53. The van der Waals surface area contributed by atoms with E-state index in [9.17, 15) is 4.79 Å². The minimum atomic E-state index is 0.109. The van der Waals surface area contributed by atoms with E-state index in [0.717, 1.165) is 53.0 Å². The molecule has 3 rings (SSSR count). The average Bonchev–Trinajstić information content (AvgIpc) is 2.90. The van der Waals surface area contributed by atoms with Gasteiger partial charge in [0.15, 0.2) is 0 Å². The summed E-state index contributed by atoms with van der Waals surface area (Å²) in [7, 11) is 0. The Bertz CT molecular complexity index is 651. The highest BCUT2D eigenvalue weighted by atomic mass is 32.1. The highest BCUT2D eigenvalue weighted by Crippen LogP contribution is 2.29. The van der Waals surface area contributed by atoms with Crippen LogP contribution in [-0.4, -0.2) is 35.6 Å². The maximum Gasteiger partial charge on any atom is 0.263 e. The number of anilines is 1. The highest BCUT2D eigenvalue weighted by molar-refractivity contribution is 7.20. The van der Waals surface area contributed by atoms with E-state index in [1.165, 1.54) is 11.3 Å². The fourth-order valence-electron chi connectivity index (χ4n) is 2.99. The second-order valence-corrected chi connectivity index (χ2v) is 6.76. The summed E-state index contributed by atoms with van der Waals surface area (Å²) in [6, 6.07) is 7.68. The first-order chi connectivity index (χ1) is 10.2. The van der Waals surface area contributed by atoms with Gasteiger partial charge in [0.2, 0.25) is 0 Å². The van der Waals surface area contributed by atoms with Crippen LogP contribution in [0, 0.1) is 5.92 Å². The summed E-state index contributed by atoms with van der Waals surface area (Å²) in [6.45, 7) is 1.78. The van der Waals surface area contributed by atoms with Gasteiger partial charge in [-0.05, 0) is 54.8 Å². The van der Waals surface area contributed by atoms with E-state index in [-0.39, 0.29) is 12.5 Å². The van der Waals surface area contributed by atoms with E-state index in [1.807, 2.05) is 29.2 Å². The second kappa shape index (κ2) is 6.03. The molecule has 5 heteroatoms. The molecule has 1 atom stereocenters. The molecule has 1 unspecified atom stereocenters. The van der Waals surface area contributed by atoms with Crippen molar-refractivity contribution in [2.45, 2.75) is 19.3 Å². The standard InChI is InChI=1S/C16H20N2O2S/c17-13-3-4-14-12(8-13)9-15(21-14)16(20)18-6-1-2-11(10-18)5-7-19/h3-4,8-9,11,19H,1-2,5-7,10,17H2. The molecular weight excluding hydrogens is 284 g/mol. The zero-order chi connectivity index (χ0) is 14.8. The van der Waals surface area contributed by atoms with Crippen LogP contribution >= 0.6 is 11.3 Å². The molecule has 2 aromatic rings. The number of carbonyl (C=O) groups is 1. The van der Waals surface area contributed by atoms with Crippen LogP contribution in [0.1, 0.15) is 28.9 Å². The third-order valence-corrected chi connectivity index (χ3v) is 5.20. The lowest BCUT2D eigenvalue weighted by Gasteiger charge is -2.32. The normalized spacial score (nSPS) is 19.1. The SMILES string of the molecule is Nc1ccc2sc(C(=O)N3CCCC(CCO)C3)cc2c1. The molecule has 0 radical (unpaired) electrons. The summed E-state index contributed by atoms with van der Waals surface area (Å²) in [4.78, 5) is 15.4. The largest absolute Gasteiger partial charge is 0.399 e. The lowest BCUT2D eigenvalue weighted by atomic mass is 9.95. The lowest BCUT2D eigenvalue weighted by molar-refractivity contribution is 0.0658. The molecule has 1 amide bonds. The molecule has 0 aliphatic carbocycles. The van der Waals surface area contributed by atoms with Crippen LogP contribution in [0.2, 0.25) is 0 Å². The maximum absolute atomic E-state index is 12.6. The Hall–Kier alpha value is -1.59. The third kappa shape index (κ3) is 3.04. The van der Waals surface area contributed by atoms with Crippen molar-refractivity contribution < 1.29 is 9.90 Å². The summed E-state index contributed by atoms with van der Waals surface area (Å²) in [5, 5.41) is 10.1. The van der Waals surface area contributed by atoms with Crippen molar-refractivity contribution in [2.75, 3.05) is 25.4 Å². The van der Waals surface area contributed by atoms with Crippen LogP contribution in [0.5, 0.6) is 0 Å². The van der Waals surface area contributed by atoms with E-state index >= 15 is 0 Å². The number of nitrogens with zero attached hydrogens (tertiary/aromatic N) is 1. The van der Waals surface area contributed by atoms with Crippen molar-refractivity contribution in [3.8, 4) is 0 Å². The van der Waals surface area contributed by atoms with Crippen LogP contribution in [0.3, 0.4) is 0 Å². The molecule has 0 spiro atoms. The monoisotopic (exact) mass is 304 g/mol. The van der Waals surface area contributed by atoms with Gasteiger partial charge in [-0.15, -0.1) is 11.3 Å². The number of piperidine rings is 1. The van der Waals surface area contributed by atoms with Gasteiger partial charge >= 0.3 is 0 Å². The Morgan fingerprint density at radius 3 is 3.10 bits per heavy atom. The number of benzene rings is 1. The Morgan fingerprint density at radius 1 is 1.43 bits per heavy atom.